The minimum atomic E-state index is -0.478. The second-order valence-electron chi connectivity index (χ2n) is 5.63. The number of ether oxygens (including phenoxy) is 2. The summed E-state index contributed by atoms with van der Waals surface area (Å²) in [7, 11) is 1.55. The topological polar surface area (TPSA) is 95.3 Å². The van der Waals surface area contributed by atoms with E-state index in [1.807, 2.05) is 18.2 Å². The van der Waals surface area contributed by atoms with Crippen molar-refractivity contribution < 1.29 is 19.1 Å². The molecule has 8 heteroatoms. The van der Waals surface area contributed by atoms with Crippen LogP contribution in [0.4, 0.5) is 5.69 Å². The molecule has 27 heavy (non-hydrogen) atoms. The maximum Gasteiger partial charge on any atom is 0.338 e. The molecule has 0 bridgehead atoms. The van der Waals surface area contributed by atoms with E-state index < -0.39 is 5.97 Å². The molecule has 0 aliphatic carbocycles. The fraction of sp³-hybridized carbons (Fsp3) is 0.158. The molecule has 0 unspecified atom stereocenters. The van der Waals surface area contributed by atoms with Gasteiger partial charge in [-0.1, -0.05) is 23.4 Å². The number of nitrogens with one attached hydrogen (secondary N) is 1. The molecule has 1 aromatic heterocycles. The van der Waals surface area contributed by atoms with Gasteiger partial charge in [-0.3, -0.25) is 4.79 Å². The average molecular weight is 366 g/mol. The Bertz CT molecular complexity index is 907. The molecule has 3 aromatic rings. The molecule has 0 spiro atoms. The number of benzene rings is 2. The lowest BCUT2D eigenvalue weighted by molar-refractivity contribution is -0.116. The Morgan fingerprint density at radius 1 is 1.07 bits per heavy atom. The van der Waals surface area contributed by atoms with Crippen LogP contribution in [0.5, 0.6) is 5.75 Å². The first-order valence-corrected chi connectivity index (χ1v) is 8.19. The number of rotatable bonds is 7. The molecule has 1 amide bonds. The van der Waals surface area contributed by atoms with E-state index in [1.165, 1.54) is 4.68 Å². The molecule has 2 aromatic carbocycles. The lowest BCUT2D eigenvalue weighted by atomic mass is 10.2. The highest BCUT2D eigenvalue weighted by Crippen LogP contribution is 2.12. The number of methoxy groups -OCH3 is 1. The van der Waals surface area contributed by atoms with E-state index in [9.17, 15) is 9.59 Å². The van der Waals surface area contributed by atoms with Crippen LogP contribution in [0.1, 0.15) is 16.1 Å². The van der Waals surface area contributed by atoms with E-state index in [4.69, 9.17) is 9.47 Å². The first kappa shape index (κ1) is 18.1. The number of hydrogen-bond acceptors (Lipinski definition) is 6. The molecule has 1 N–H and O–H groups in total. The fourth-order valence-electron chi connectivity index (χ4n) is 2.30. The summed E-state index contributed by atoms with van der Waals surface area (Å²) < 4.78 is 11.6. The van der Waals surface area contributed by atoms with E-state index >= 15 is 0 Å². The van der Waals surface area contributed by atoms with Crippen molar-refractivity contribution in [1.82, 2.24) is 15.0 Å². The quantitative estimate of drug-likeness (QED) is 0.645. The fourth-order valence-corrected chi connectivity index (χ4v) is 2.30. The number of nitrogens with zero attached hydrogens (tertiary/aromatic N) is 3. The molecule has 0 atom stereocenters. The minimum Gasteiger partial charge on any atom is -0.497 e. The Labute approximate surface area is 155 Å². The van der Waals surface area contributed by atoms with Gasteiger partial charge >= 0.3 is 5.97 Å². The van der Waals surface area contributed by atoms with E-state index in [0.29, 0.717) is 22.7 Å². The van der Waals surface area contributed by atoms with Crippen LogP contribution in [-0.2, 0) is 22.7 Å². The second kappa shape index (κ2) is 8.61. The lowest BCUT2D eigenvalue weighted by Crippen LogP contribution is -2.19. The van der Waals surface area contributed by atoms with E-state index in [0.717, 1.165) is 0 Å². The van der Waals surface area contributed by atoms with Crippen LogP contribution >= 0.6 is 0 Å². The van der Waals surface area contributed by atoms with Crippen LogP contribution in [0, 0.1) is 0 Å². The maximum absolute atomic E-state index is 12.0. The molecule has 0 aliphatic heterocycles. The van der Waals surface area contributed by atoms with Gasteiger partial charge in [-0.25, -0.2) is 9.48 Å². The van der Waals surface area contributed by atoms with Gasteiger partial charge in [-0.15, -0.1) is 5.10 Å². The third kappa shape index (κ3) is 5.15. The van der Waals surface area contributed by atoms with Crippen molar-refractivity contribution in [2.45, 2.75) is 13.2 Å². The molecule has 0 saturated heterocycles. The van der Waals surface area contributed by atoms with Crippen molar-refractivity contribution in [3.8, 4) is 5.75 Å². The first-order chi connectivity index (χ1) is 13.1. The number of aromatic nitrogens is 3. The number of amides is 1. The first-order valence-electron chi connectivity index (χ1n) is 8.19. The summed E-state index contributed by atoms with van der Waals surface area (Å²) in [6.07, 6.45) is 1.56. The van der Waals surface area contributed by atoms with Gasteiger partial charge < -0.3 is 14.8 Å². The smallest absolute Gasteiger partial charge is 0.338 e. The zero-order chi connectivity index (χ0) is 19.1. The molecular formula is C19H18N4O4. The third-order valence-electron chi connectivity index (χ3n) is 3.63. The lowest BCUT2D eigenvalue weighted by Gasteiger charge is -2.04. The summed E-state index contributed by atoms with van der Waals surface area (Å²) in [5, 5.41) is 10.5. The van der Waals surface area contributed by atoms with Crippen molar-refractivity contribution >= 4 is 17.6 Å². The minimum absolute atomic E-state index is 0.00825. The molecule has 0 saturated carbocycles. The standard InChI is InChI=1S/C19H18N4O4/c1-26-17-9-7-14(8-10-17)19(25)27-13-16-11-23(22-21-16)12-18(24)20-15-5-3-2-4-6-15/h2-11H,12-13H2,1H3,(H,20,24). The van der Waals surface area contributed by atoms with Crippen molar-refractivity contribution in [2.24, 2.45) is 0 Å². The predicted molar refractivity (Wildman–Crippen MR) is 97.2 cm³/mol. The zero-order valence-electron chi connectivity index (χ0n) is 14.7. The summed E-state index contributed by atoms with van der Waals surface area (Å²) in [6.45, 7) is -0.0283. The van der Waals surface area contributed by atoms with Crippen molar-refractivity contribution in [1.29, 1.82) is 0 Å². The van der Waals surface area contributed by atoms with Gasteiger partial charge in [0.2, 0.25) is 5.91 Å². The highest BCUT2D eigenvalue weighted by molar-refractivity contribution is 5.90. The molecule has 0 radical (unpaired) electrons. The SMILES string of the molecule is COc1ccc(C(=O)OCc2cn(CC(=O)Nc3ccccc3)nn2)cc1. The van der Waals surface area contributed by atoms with Gasteiger partial charge in [-0.05, 0) is 36.4 Å². The van der Waals surface area contributed by atoms with Crippen LogP contribution in [0.25, 0.3) is 0 Å². The Balaban J connectivity index is 1.50. The van der Waals surface area contributed by atoms with Gasteiger partial charge in [0.25, 0.3) is 0 Å². The summed E-state index contributed by atoms with van der Waals surface area (Å²) in [5.41, 5.74) is 1.56. The van der Waals surface area contributed by atoms with E-state index in [-0.39, 0.29) is 19.1 Å². The molecule has 0 aliphatic rings. The van der Waals surface area contributed by atoms with Gasteiger partial charge in [0.05, 0.1) is 18.9 Å². The largest absolute Gasteiger partial charge is 0.497 e. The Kier molecular flexibility index (Phi) is 5.78. The molecule has 8 nitrogen and oxygen atoms in total. The molecule has 1 heterocycles. The van der Waals surface area contributed by atoms with Crippen molar-refractivity contribution in [3.05, 3.63) is 72.1 Å². The van der Waals surface area contributed by atoms with Gasteiger partial charge in [0.15, 0.2) is 0 Å². The van der Waals surface area contributed by atoms with E-state index in [1.54, 1.807) is 49.7 Å². The third-order valence-corrected chi connectivity index (χ3v) is 3.63. The number of anilines is 1. The predicted octanol–water partition coefficient (Wildman–Crippen LogP) is 2.28. The Morgan fingerprint density at radius 2 is 1.81 bits per heavy atom. The van der Waals surface area contributed by atoms with Crippen molar-refractivity contribution in [2.75, 3.05) is 12.4 Å². The number of carbonyl (C=O) groups excluding carboxylic acids is 2. The van der Waals surface area contributed by atoms with Gasteiger partial charge in [0.1, 0.15) is 24.6 Å². The number of hydrogen-bond donors (Lipinski definition) is 1. The molecular weight excluding hydrogens is 348 g/mol. The monoisotopic (exact) mass is 366 g/mol. The van der Waals surface area contributed by atoms with Crippen LogP contribution < -0.4 is 10.1 Å². The molecule has 0 fully saturated rings. The number of esters is 1. The van der Waals surface area contributed by atoms with Crippen molar-refractivity contribution in [3.63, 3.8) is 0 Å². The van der Waals surface area contributed by atoms with Gasteiger partial charge in [0, 0.05) is 5.69 Å². The van der Waals surface area contributed by atoms with Gasteiger partial charge in [-0.2, -0.15) is 0 Å². The Hall–Kier alpha value is -3.68. The summed E-state index contributed by atoms with van der Waals surface area (Å²) in [6, 6.07) is 15.7. The number of para-hydroxylation sites is 1. The van der Waals surface area contributed by atoms with Crippen LogP contribution in [0.3, 0.4) is 0 Å². The van der Waals surface area contributed by atoms with Crippen LogP contribution in [0.2, 0.25) is 0 Å². The van der Waals surface area contributed by atoms with Crippen LogP contribution in [0.15, 0.2) is 60.8 Å². The highest BCUT2D eigenvalue weighted by atomic mass is 16.5. The van der Waals surface area contributed by atoms with Crippen LogP contribution in [-0.4, -0.2) is 34.0 Å². The summed E-state index contributed by atoms with van der Waals surface area (Å²) in [4.78, 5) is 24.0. The normalized spacial score (nSPS) is 10.3. The maximum atomic E-state index is 12.0. The number of carbonyl (C=O) groups is 2. The Morgan fingerprint density at radius 3 is 2.52 bits per heavy atom. The average Bonchev–Trinajstić information content (AvgIpc) is 3.14. The molecule has 3 rings (SSSR count). The highest BCUT2D eigenvalue weighted by Gasteiger charge is 2.11. The van der Waals surface area contributed by atoms with E-state index in [2.05, 4.69) is 15.6 Å². The second-order valence-corrected chi connectivity index (χ2v) is 5.63. The summed E-state index contributed by atoms with van der Waals surface area (Å²) in [5.74, 6) is -0.0508. The zero-order valence-corrected chi connectivity index (χ0v) is 14.7. The molecule has 138 valence electrons. The summed E-state index contributed by atoms with van der Waals surface area (Å²) >= 11 is 0.